The van der Waals surface area contributed by atoms with Crippen LogP contribution in [0.1, 0.15) is 48.0 Å². The van der Waals surface area contributed by atoms with Crippen molar-refractivity contribution in [3.63, 3.8) is 0 Å². The van der Waals surface area contributed by atoms with Gasteiger partial charge < -0.3 is 4.90 Å². The molecular weight excluding hydrogens is 230 g/mol. The topological polar surface area (TPSA) is 20.3 Å². The van der Waals surface area contributed by atoms with Crippen LogP contribution in [-0.2, 0) is 4.79 Å². The van der Waals surface area contributed by atoms with Crippen LogP contribution in [0.4, 0.5) is 0 Å². The first-order valence-corrected chi connectivity index (χ1v) is 7.48. The van der Waals surface area contributed by atoms with Crippen molar-refractivity contribution in [1.29, 1.82) is 0 Å². The zero-order chi connectivity index (χ0) is 13.7. The largest absolute Gasteiger partial charge is 0.345 e. The maximum Gasteiger partial charge on any atom is 0.232 e. The molecule has 0 bridgehead atoms. The maximum absolute atomic E-state index is 11.9. The minimum Gasteiger partial charge on any atom is -0.345 e. The van der Waals surface area contributed by atoms with Crippen molar-refractivity contribution >= 4 is 17.7 Å². The van der Waals surface area contributed by atoms with Gasteiger partial charge in [-0.05, 0) is 23.0 Å². The van der Waals surface area contributed by atoms with E-state index in [4.69, 9.17) is 0 Å². The molecular formula is C14H29NOS. The summed E-state index contributed by atoms with van der Waals surface area (Å²) in [5.74, 6) is 1.90. The molecule has 0 aliphatic heterocycles. The lowest BCUT2D eigenvalue weighted by Crippen LogP contribution is -2.31. The first-order chi connectivity index (χ1) is 7.51. The van der Waals surface area contributed by atoms with Crippen LogP contribution >= 0.6 is 11.8 Å². The predicted octanol–water partition coefficient (Wildman–Crippen LogP) is 3.66. The summed E-state index contributed by atoms with van der Waals surface area (Å²) in [4.78, 5) is 13.7. The molecule has 0 aliphatic carbocycles. The molecule has 0 rings (SSSR count). The molecule has 0 aliphatic rings. The number of rotatable bonds is 5. The Morgan fingerprint density at radius 2 is 1.59 bits per heavy atom. The van der Waals surface area contributed by atoms with Crippen molar-refractivity contribution in [3.05, 3.63) is 0 Å². The maximum atomic E-state index is 11.9. The minimum atomic E-state index is 0.253. The van der Waals surface area contributed by atoms with Gasteiger partial charge in [-0.25, -0.2) is 0 Å². The number of hydrogen-bond donors (Lipinski definition) is 0. The highest BCUT2D eigenvalue weighted by molar-refractivity contribution is 7.99. The Kier molecular flexibility index (Phi) is 6.60. The Hall–Kier alpha value is -0.180. The van der Waals surface area contributed by atoms with Crippen LogP contribution in [0.5, 0.6) is 0 Å². The quantitative estimate of drug-likeness (QED) is 0.751. The van der Waals surface area contributed by atoms with Gasteiger partial charge in [0.1, 0.15) is 0 Å². The van der Waals surface area contributed by atoms with Gasteiger partial charge in [0, 0.05) is 13.6 Å². The smallest absolute Gasteiger partial charge is 0.232 e. The van der Waals surface area contributed by atoms with Crippen LogP contribution in [0.3, 0.4) is 0 Å². The van der Waals surface area contributed by atoms with Crippen molar-refractivity contribution in [3.8, 4) is 0 Å². The summed E-state index contributed by atoms with van der Waals surface area (Å²) in [6.45, 7) is 14.1. The van der Waals surface area contributed by atoms with Gasteiger partial charge in [-0.3, -0.25) is 4.79 Å². The van der Waals surface area contributed by atoms with Crippen LogP contribution in [0.2, 0.25) is 0 Å². The molecule has 3 heteroatoms. The van der Waals surface area contributed by atoms with Crippen LogP contribution in [0.15, 0.2) is 0 Å². The fourth-order valence-corrected chi connectivity index (χ4v) is 2.29. The lowest BCUT2D eigenvalue weighted by molar-refractivity contribution is -0.127. The Bertz CT molecular complexity index is 238. The van der Waals surface area contributed by atoms with E-state index in [-0.39, 0.29) is 5.91 Å². The molecule has 0 radical (unpaired) electrons. The van der Waals surface area contributed by atoms with Crippen molar-refractivity contribution in [2.75, 3.05) is 25.1 Å². The number of thioether (sulfide) groups is 1. The van der Waals surface area contributed by atoms with Crippen LogP contribution in [0.25, 0.3) is 0 Å². The molecule has 0 N–H and O–H groups in total. The SMILES string of the molecule is CN(CCC(C)(C)C)C(=O)CSCC(C)(C)C. The lowest BCUT2D eigenvalue weighted by atomic mass is 9.92. The monoisotopic (exact) mass is 259 g/mol. The summed E-state index contributed by atoms with van der Waals surface area (Å²) in [5, 5.41) is 0. The predicted molar refractivity (Wildman–Crippen MR) is 78.5 cm³/mol. The fraction of sp³-hybridized carbons (Fsp3) is 0.929. The van der Waals surface area contributed by atoms with E-state index in [0.29, 0.717) is 16.6 Å². The third-order valence-corrected chi connectivity index (χ3v) is 3.90. The molecule has 0 aromatic carbocycles. The first kappa shape index (κ1) is 16.8. The van der Waals surface area contributed by atoms with Crippen molar-refractivity contribution in [2.24, 2.45) is 10.8 Å². The van der Waals surface area contributed by atoms with E-state index in [1.165, 1.54) is 0 Å². The standard InChI is InChI=1S/C14H29NOS/c1-13(2,3)8-9-15(7)12(16)10-17-11-14(4,5)6/h8-11H2,1-7H3. The van der Waals surface area contributed by atoms with E-state index in [0.717, 1.165) is 18.7 Å². The summed E-state index contributed by atoms with van der Waals surface area (Å²) >= 11 is 1.74. The van der Waals surface area contributed by atoms with Crippen LogP contribution < -0.4 is 0 Å². The summed E-state index contributed by atoms with van der Waals surface area (Å²) in [6, 6.07) is 0. The fourth-order valence-electron chi connectivity index (χ4n) is 1.18. The van der Waals surface area contributed by atoms with Crippen molar-refractivity contribution < 1.29 is 4.79 Å². The Morgan fingerprint density at radius 1 is 1.06 bits per heavy atom. The summed E-state index contributed by atoms with van der Waals surface area (Å²) in [7, 11) is 1.91. The van der Waals surface area contributed by atoms with E-state index >= 15 is 0 Å². The van der Waals surface area contributed by atoms with Gasteiger partial charge >= 0.3 is 0 Å². The molecule has 0 fully saturated rings. The van der Waals surface area contributed by atoms with Crippen LogP contribution in [0, 0.1) is 10.8 Å². The average molecular weight is 259 g/mol. The lowest BCUT2D eigenvalue weighted by Gasteiger charge is -2.24. The van der Waals surface area contributed by atoms with Gasteiger partial charge in [0.2, 0.25) is 5.91 Å². The first-order valence-electron chi connectivity index (χ1n) is 6.33. The van der Waals surface area contributed by atoms with Crippen molar-refractivity contribution in [1.82, 2.24) is 4.90 Å². The molecule has 1 amide bonds. The molecule has 0 unspecified atom stereocenters. The summed E-state index contributed by atoms with van der Waals surface area (Å²) < 4.78 is 0. The number of carbonyl (C=O) groups excluding carboxylic acids is 1. The number of hydrogen-bond acceptors (Lipinski definition) is 2. The second-order valence-electron chi connectivity index (χ2n) is 7.18. The highest BCUT2D eigenvalue weighted by Gasteiger charge is 2.16. The van der Waals surface area contributed by atoms with Gasteiger partial charge in [0.05, 0.1) is 5.75 Å². The zero-order valence-electron chi connectivity index (χ0n) is 12.6. The minimum absolute atomic E-state index is 0.253. The van der Waals surface area contributed by atoms with E-state index in [9.17, 15) is 4.79 Å². The van der Waals surface area contributed by atoms with Gasteiger partial charge in [0.25, 0.3) is 0 Å². The second kappa shape index (κ2) is 6.67. The van der Waals surface area contributed by atoms with Gasteiger partial charge in [-0.2, -0.15) is 11.8 Å². The average Bonchev–Trinajstić information content (AvgIpc) is 2.10. The Morgan fingerprint density at radius 3 is 2.00 bits per heavy atom. The molecule has 17 heavy (non-hydrogen) atoms. The van der Waals surface area contributed by atoms with E-state index in [1.807, 2.05) is 11.9 Å². The summed E-state index contributed by atoms with van der Waals surface area (Å²) in [6.07, 6.45) is 1.05. The summed E-state index contributed by atoms with van der Waals surface area (Å²) in [5.41, 5.74) is 0.599. The molecule has 0 atom stereocenters. The molecule has 102 valence electrons. The Balaban J connectivity index is 3.83. The number of nitrogens with zero attached hydrogens (tertiary/aromatic N) is 1. The molecule has 0 spiro atoms. The molecule has 0 aromatic heterocycles. The van der Waals surface area contributed by atoms with Gasteiger partial charge in [0.15, 0.2) is 0 Å². The molecule has 0 heterocycles. The molecule has 0 saturated carbocycles. The zero-order valence-corrected chi connectivity index (χ0v) is 13.4. The molecule has 0 aromatic rings. The molecule has 0 saturated heterocycles. The Labute approximate surface area is 112 Å². The normalized spacial score (nSPS) is 12.6. The third-order valence-electron chi connectivity index (χ3n) is 2.38. The highest BCUT2D eigenvalue weighted by atomic mass is 32.2. The number of amides is 1. The second-order valence-corrected chi connectivity index (χ2v) is 8.17. The van der Waals surface area contributed by atoms with Gasteiger partial charge in [-0.15, -0.1) is 0 Å². The van der Waals surface area contributed by atoms with E-state index < -0.39 is 0 Å². The van der Waals surface area contributed by atoms with E-state index in [2.05, 4.69) is 41.5 Å². The number of carbonyl (C=O) groups is 1. The van der Waals surface area contributed by atoms with Crippen molar-refractivity contribution in [2.45, 2.75) is 48.0 Å². The third kappa shape index (κ3) is 10.7. The van der Waals surface area contributed by atoms with E-state index in [1.54, 1.807) is 11.8 Å². The van der Waals surface area contributed by atoms with Crippen LogP contribution in [-0.4, -0.2) is 35.9 Å². The highest BCUT2D eigenvalue weighted by Crippen LogP contribution is 2.21. The molecule has 2 nitrogen and oxygen atoms in total. The van der Waals surface area contributed by atoms with Gasteiger partial charge in [-0.1, -0.05) is 41.5 Å².